The fourth-order valence-corrected chi connectivity index (χ4v) is 4.16. The lowest BCUT2D eigenvalue weighted by atomic mass is 9.80. The van der Waals surface area contributed by atoms with Crippen LogP contribution in [0.2, 0.25) is 0 Å². The predicted octanol–water partition coefficient (Wildman–Crippen LogP) is 4.17. The Morgan fingerprint density at radius 3 is 2.96 bits per heavy atom. The molecule has 1 atom stereocenters. The zero-order chi connectivity index (χ0) is 17.2. The van der Waals surface area contributed by atoms with Crippen molar-refractivity contribution in [2.24, 2.45) is 5.41 Å². The Labute approximate surface area is 147 Å². The number of nitrogens with zero attached hydrogens (tertiary/aromatic N) is 3. The molecule has 24 heavy (non-hydrogen) atoms. The Morgan fingerprint density at radius 1 is 1.42 bits per heavy atom. The molecule has 0 spiro atoms. The Kier molecular flexibility index (Phi) is 4.99. The lowest BCUT2D eigenvalue weighted by Gasteiger charge is -2.37. The fraction of sp³-hybridized carbons (Fsp3) is 0.526. The van der Waals surface area contributed by atoms with E-state index in [9.17, 15) is 4.79 Å². The van der Waals surface area contributed by atoms with Crippen molar-refractivity contribution in [2.75, 3.05) is 6.54 Å². The fourth-order valence-electron chi connectivity index (χ4n) is 3.36. The summed E-state index contributed by atoms with van der Waals surface area (Å²) in [5.74, 6) is 0.205. The van der Waals surface area contributed by atoms with Gasteiger partial charge in [-0.25, -0.2) is 4.98 Å². The molecule has 0 radical (unpaired) electrons. The van der Waals surface area contributed by atoms with Gasteiger partial charge in [-0.1, -0.05) is 26.8 Å². The summed E-state index contributed by atoms with van der Waals surface area (Å²) in [6, 6.07) is 6.15. The van der Waals surface area contributed by atoms with Crippen LogP contribution in [0.3, 0.4) is 0 Å². The average Bonchev–Trinajstić information content (AvgIpc) is 3.25. The molecule has 3 heterocycles. The summed E-state index contributed by atoms with van der Waals surface area (Å²) in [6.45, 7) is 7.63. The molecular formula is C19H25N3OS. The first-order valence-electron chi connectivity index (χ1n) is 8.66. The summed E-state index contributed by atoms with van der Waals surface area (Å²) in [4.78, 5) is 23.8. The molecule has 1 fully saturated rings. The Morgan fingerprint density at radius 2 is 2.25 bits per heavy atom. The van der Waals surface area contributed by atoms with E-state index in [-0.39, 0.29) is 11.3 Å². The van der Waals surface area contributed by atoms with Gasteiger partial charge in [-0.2, -0.15) is 0 Å². The molecular weight excluding hydrogens is 318 g/mol. The van der Waals surface area contributed by atoms with Crippen LogP contribution in [0.4, 0.5) is 0 Å². The van der Waals surface area contributed by atoms with Gasteiger partial charge < -0.3 is 4.90 Å². The highest BCUT2D eigenvalue weighted by Gasteiger charge is 2.38. The number of likely N-dealkylation sites (tertiary alicyclic amines) is 1. The van der Waals surface area contributed by atoms with Crippen molar-refractivity contribution in [1.82, 2.24) is 14.9 Å². The third kappa shape index (κ3) is 3.51. The molecule has 4 nitrogen and oxygen atoms in total. The van der Waals surface area contributed by atoms with Crippen molar-refractivity contribution >= 4 is 17.2 Å². The molecule has 1 aliphatic rings. The highest BCUT2D eigenvalue weighted by atomic mass is 32.1. The highest BCUT2D eigenvalue weighted by Crippen LogP contribution is 2.36. The molecule has 1 amide bonds. The Balaban J connectivity index is 1.70. The van der Waals surface area contributed by atoms with Crippen LogP contribution in [0, 0.1) is 5.41 Å². The first-order chi connectivity index (χ1) is 11.5. The number of carbonyl (C=O) groups is 1. The molecule has 0 saturated carbocycles. The Bertz CT molecular complexity index is 696. The highest BCUT2D eigenvalue weighted by molar-refractivity contribution is 7.13. The number of carbonyl (C=O) groups excluding carboxylic acids is 1. The molecule has 0 aliphatic carbocycles. The van der Waals surface area contributed by atoms with E-state index in [1.807, 2.05) is 23.6 Å². The minimum atomic E-state index is 0.174. The third-order valence-electron chi connectivity index (χ3n) is 5.15. The SMILES string of the molecule is CCC(C)(C)C1CCCN1C(=O)Cc1csc(-c2ccccn2)n1. The second-order valence-electron chi connectivity index (χ2n) is 7.12. The largest absolute Gasteiger partial charge is 0.339 e. The lowest BCUT2D eigenvalue weighted by molar-refractivity contribution is -0.133. The first kappa shape index (κ1) is 17.1. The number of aromatic nitrogens is 2. The second-order valence-corrected chi connectivity index (χ2v) is 7.98. The van der Waals surface area contributed by atoms with E-state index in [1.165, 1.54) is 0 Å². The van der Waals surface area contributed by atoms with Crippen LogP contribution in [0.1, 0.15) is 45.7 Å². The van der Waals surface area contributed by atoms with Crippen LogP contribution in [-0.4, -0.2) is 33.4 Å². The van der Waals surface area contributed by atoms with E-state index < -0.39 is 0 Å². The molecule has 3 rings (SSSR count). The monoisotopic (exact) mass is 343 g/mol. The van der Waals surface area contributed by atoms with Crippen molar-refractivity contribution in [3.05, 3.63) is 35.5 Å². The zero-order valence-corrected chi connectivity index (χ0v) is 15.5. The van der Waals surface area contributed by atoms with Gasteiger partial charge in [-0.3, -0.25) is 9.78 Å². The number of amides is 1. The van der Waals surface area contributed by atoms with Gasteiger partial charge in [-0.15, -0.1) is 11.3 Å². The lowest BCUT2D eigenvalue weighted by Crippen LogP contribution is -2.44. The minimum Gasteiger partial charge on any atom is -0.339 e. The van der Waals surface area contributed by atoms with Crippen LogP contribution in [0.5, 0.6) is 0 Å². The van der Waals surface area contributed by atoms with E-state index in [0.29, 0.717) is 12.5 Å². The Hall–Kier alpha value is -1.75. The first-order valence-corrected chi connectivity index (χ1v) is 9.54. The molecule has 1 aliphatic heterocycles. The van der Waals surface area contributed by atoms with Gasteiger partial charge in [0.2, 0.25) is 5.91 Å². The molecule has 2 aromatic heterocycles. The zero-order valence-electron chi connectivity index (χ0n) is 14.7. The molecule has 1 unspecified atom stereocenters. The summed E-state index contributed by atoms with van der Waals surface area (Å²) < 4.78 is 0. The molecule has 2 aromatic rings. The van der Waals surface area contributed by atoms with Crippen LogP contribution in [0.25, 0.3) is 10.7 Å². The number of hydrogen-bond donors (Lipinski definition) is 0. The smallest absolute Gasteiger partial charge is 0.228 e. The summed E-state index contributed by atoms with van der Waals surface area (Å²) >= 11 is 1.55. The number of thiazole rings is 1. The summed E-state index contributed by atoms with van der Waals surface area (Å²) in [7, 11) is 0. The van der Waals surface area contributed by atoms with Crippen LogP contribution < -0.4 is 0 Å². The van der Waals surface area contributed by atoms with Crippen LogP contribution in [0.15, 0.2) is 29.8 Å². The van der Waals surface area contributed by atoms with Crippen molar-refractivity contribution in [3.8, 4) is 10.7 Å². The van der Waals surface area contributed by atoms with E-state index >= 15 is 0 Å². The van der Waals surface area contributed by atoms with Gasteiger partial charge in [0.25, 0.3) is 0 Å². The van der Waals surface area contributed by atoms with E-state index in [2.05, 4.69) is 35.6 Å². The van der Waals surface area contributed by atoms with Crippen molar-refractivity contribution in [2.45, 2.75) is 52.5 Å². The minimum absolute atomic E-state index is 0.174. The van der Waals surface area contributed by atoms with Crippen molar-refractivity contribution in [1.29, 1.82) is 0 Å². The maximum absolute atomic E-state index is 12.8. The van der Waals surface area contributed by atoms with Crippen LogP contribution >= 0.6 is 11.3 Å². The van der Waals surface area contributed by atoms with Gasteiger partial charge in [0.05, 0.1) is 17.8 Å². The summed E-state index contributed by atoms with van der Waals surface area (Å²) in [5, 5.41) is 2.86. The molecule has 1 saturated heterocycles. The quantitative estimate of drug-likeness (QED) is 0.818. The molecule has 5 heteroatoms. The van der Waals surface area contributed by atoms with Crippen molar-refractivity contribution in [3.63, 3.8) is 0 Å². The van der Waals surface area contributed by atoms with E-state index in [1.54, 1.807) is 17.5 Å². The number of hydrogen-bond acceptors (Lipinski definition) is 4. The summed E-state index contributed by atoms with van der Waals surface area (Å²) in [5.41, 5.74) is 1.89. The van der Waals surface area contributed by atoms with Crippen LogP contribution in [-0.2, 0) is 11.2 Å². The predicted molar refractivity (Wildman–Crippen MR) is 97.9 cm³/mol. The molecule has 0 bridgehead atoms. The molecule has 128 valence electrons. The van der Waals surface area contributed by atoms with E-state index in [0.717, 1.165) is 42.2 Å². The standard InChI is InChI=1S/C19H25N3OS/c1-4-19(2,3)16-9-7-11-22(16)17(23)12-14-13-24-18(21-14)15-8-5-6-10-20-15/h5-6,8,10,13,16H,4,7,9,11-12H2,1-3H3. The second kappa shape index (κ2) is 7.01. The number of pyridine rings is 1. The van der Waals surface area contributed by atoms with Crippen molar-refractivity contribution < 1.29 is 4.79 Å². The van der Waals surface area contributed by atoms with Gasteiger partial charge in [0.1, 0.15) is 5.01 Å². The van der Waals surface area contributed by atoms with Gasteiger partial charge >= 0.3 is 0 Å². The van der Waals surface area contributed by atoms with Gasteiger partial charge in [0, 0.05) is 24.2 Å². The average molecular weight is 343 g/mol. The topological polar surface area (TPSA) is 46.1 Å². The van der Waals surface area contributed by atoms with Gasteiger partial charge in [0.15, 0.2) is 0 Å². The van der Waals surface area contributed by atoms with E-state index in [4.69, 9.17) is 0 Å². The number of rotatable bonds is 5. The maximum atomic E-state index is 12.8. The van der Waals surface area contributed by atoms with Gasteiger partial charge in [-0.05, 0) is 36.8 Å². The maximum Gasteiger partial charge on any atom is 0.228 e. The molecule has 0 aromatic carbocycles. The third-order valence-corrected chi connectivity index (χ3v) is 6.07. The summed E-state index contributed by atoms with van der Waals surface area (Å²) in [6.07, 6.45) is 5.46. The normalized spacial score (nSPS) is 18.1. The molecule has 0 N–H and O–H groups in total.